The van der Waals surface area contributed by atoms with Crippen LogP contribution >= 0.6 is 0 Å². The van der Waals surface area contributed by atoms with Gasteiger partial charge in [0.15, 0.2) is 0 Å². The summed E-state index contributed by atoms with van der Waals surface area (Å²) in [5, 5.41) is 3.15. The molecule has 33 heavy (non-hydrogen) atoms. The lowest BCUT2D eigenvalue weighted by atomic mass is 9.97. The molecule has 5 heteroatoms. The number of rotatable bonds is 8. The monoisotopic (exact) mass is 445 g/mol. The van der Waals surface area contributed by atoms with Crippen molar-refractivity contribution in [3.05, 3.63) is 76.7 Å². The van der Waals surface area contributed by atoms with Crippen LogP contribution in [-0.2, 0) is 24.2 Å². The molecule has 2 aromatic carbocycles. The molecule has 2 heterocycles. The van der Waals surface area contributed by atoms with Gasteiger partial charge >= 0.3 is 0 Å². The van der Waals surface area contributed by atoms with Gasteiger partial charge in [0.1, 0.15) is 5.76 Å². The topological polar surface area (TPSA) is 58.4 Å². The fourth-order valence-corrected chi connectivity index (χ4v) is 4.44. The minimum absolute atomic E-state index is 0.0324. The molecule has 174 valence electrons. The third kappa shape index (κ3) is 6.11. The highest BCUT2D eigenvalue weighted by Crippen LogP contribution is 2.25. The molecule has 1 saturated heterocycles. The number of carbonyl (C=O) groups excluding carboxylic acids is 1. The highest BCUT2D eigenvalue weighted by atomic mass is 16.4. The number of nitrogens with zero attached hydrogens (tertiary/aromatic N) is 2. The van der Waals surface area contributed by atoms with Gasteiger partial charge in [-0.2, -0.15) is 0 Å². The number of oxazole rings is 1. The Kier molecular flexibility index (Phi) is 7.61. The van der Waals surface area contributed by atoms with Gasteiger partial charge in [-0.25, -0.2) is 4.98 Å². The van der Waals surface area contributed by atoms with Crippen LogP contribution in [0.5, 0.6) is 0 Å². The van der Waals surface area contributed by atoms with Crippen molar-refractivity contribution in [1.29, 1.82) is 0 Å². The molecule has 1 N–H and O–H groups in total. The summed E-state index contributed by atoms with van der Waals surface area (Å²) in [6, 6.07) is 16.9. The lowest BCUT2D eigenvalue weighted by Gasteiger charge is -2.31. The van der Waals surface area contributed by atoms with Crippen LogP contribution in [0.15, 0.2) is 52.9 Å². The van der Waals surface area contributed by atoms with Gasteiger partial charge in [0.05, 0.1) is 11.6 Å². The van der Waals surface area contributed by atoms with E-state index in [-0.39, 0.29) is 11.8 Å². The van der Waals surface area contributed by atoms with Gasteiger partial charge in [0, 0.05) is 25.2 Å². The van der Waals surface area contributed by atoms with E-state index in [1.807, 2.05) is 6.92 Å². The number of amides is 1. The Labute approximate surface area is 197 Å². The molecule has 0 saturated carbocycles. The molecule has 0 unspecified atom stereocenters. The number of hydrogen-bond donors (Lipinski definition) is 1. The lowest BCUT2D eigenvalue weighted by Crippen LogP contribution is -2.43. The Bertz CT molecular complexity index is 1050. The first-order chi connectivity index (χ1) is 16.0. The summed E-state index contributed by atoms with van der Waals surface area (Å²) in [6.07, 6.45) is 3.85. The Morgan fingerprint density at radius 1 is 1.09 bits per heavy atom. The molecule has 1 aromatic heterocycles. The molecule has 0 spiro atoms. The summed E-state index contributed by atoms with van der Waals surface area (Å²) in [7, 11) is 0. The molecule has 1 fully saturated rings. The number of benzene rings is 2. The molecular formula is C28H35N3O2. The third-order valence-corrected chi connectivity index (χ3v) is 6.58. The summed E-state index contributed by atoms with van der Waals surface area (Å²) in [4.78, 5) is 19.9. The SMILES string of the molecule is CCc1ccc(-c2nc(CN3CCC[C@@H](C(=O)NCCc4ccc(C)cc4)C3)c(C)o2)cc1. The number of hydrogen-bond acceptors (Lipinski definition) is 4. The Balaban J connectivity index is 1.30. The second kappa shape index (κ2) is 10.8. The number of carbonyl (C=O) groups is 1. The van der Waals surface area contributed by atoms with Crippen molar-refractivity contribution in [1.82, 2.24) is 15.2 Å². The number of aromatic nitrogens is 1. The minimum Gasteiger partial charge on any atom is -0.441 e. The van der Waals surface area contributed by atoms with E-state index in [1.54, 1.807) is 0 Å². The van der Waals surface area contributed by atoms with Crippen LogP contribution in [0.25, 0.3) is 11.5 Å². The molecule has 1 amide bonds. The first-order valence-electron chi connectivity index (χ1n) is 12.1. The first-order valence-corrected chi connectivity index (χ1v) is 12.1. The maximum absolute atomic E-state index is 12.8. The Hall–Kier alpha value is -2.92. The normalized spacial score (nSPS) is 16.6. The van der Waals surface area contributed by atoms with Crippen molar-refractivity contribution in [2.24, 2.45) is 5.92 Å². The second-order valence-corrected chi connectivity index (χ2v) is 9.17. The first kappa shape index (κ1) is 23.2. The van der Waals surface area contributed by atoms with Gasteiger partial charge in [0.2, 0.25) is 11.8 Å². The van der Waals surface area contributed by atoms with Crippen molar-refractivity contribution in [2.45, 2.75) is 53.0 Å². The lowest BCUT2D eigenvalue weighted by molar-refractivity contribution is -0.126. The highest BCUT2D eigenvalue weighted by Gasteiger charge is 2.26. The maximum Gasteiger partial charge on any atom is 0.226 e. The van der Waals surface area contributed by atoms with E-state index in [1.165, 1.54) is 16.7 Å². The van der Waals surface area contributed by atoms with E-state index in [4.69, 9.17) is 9.40 Å². The quantitative estimate of drug-likeness (QED) is 0.525. The van der Waals surface area contributed by atoms with Crippen LogP contribution in [0.1, 0.15) is 47.9 Å². The summed E-state index contributed by atoms with van der Waals surface area (Å²) in [5.74, 6) is 1.73. The number of aryl methyl sites for hydroxylation is 3. The van der Waals surface area contributed by atoms with Gasteiger partial charge in [-0.3, -0.25) is 9.69 Å². The summed E-state index contributed by atoms with van der Waals surface area (Å²) < 4.78 is 5.98. The maximum atomic E-state index is 12.8. The third-order valence-electron chi connectivity index (χ3n) is 6.58. The van der Waals surface area contributed by atoms with E-state index in [2.05, 4.69) is 72.6 Å². The fourth-order valence-electron chi connectivity index (χ4n) is 4.44. The largest absolute Gasteiger partial charge is 0.441 e. The van der Waals surface area contributed by atoms with Gasteiger partial charge in [-0.15, -0.1) is 0 Å². The highest BCUT2D eigenvalue weighted by molar-refractivity contribution is 5.79. The standard InChI is InChI=1S/C28H35N3O2/c1-4-22-11-13-24(14-12-22)28-30-26(21(3)33-28)19-31-17-5-6-25(18-31)27(32)29-16-15-23-9-7-20(2)8-10-23/h7-14,25H,4-6,15-19H2,1-3H3,(H,29,32)/t25-/m1/s1. The Morgan fingerprint density at radius 3 is 2.55 bits per heavy atom. The predicted molar refractivity (Wildman–Crippen MR) is 132 cm³/mol. The molecule has 1 aliphatic rings. The summed E-state index contributed by atoms with van der Waals surface area (Å²) >= 11 is 0. The van der Waals surface area contributed by atoms with Gasteiger partial charge in [-0.05, 0) is 69.3 Å². The van der Waals surface area contributed by atoms with Crippen molar-refractivity contribution >= 4 is 5.91 Å². The molecule has 1 aliphatic heterocycles. The van der Waals surface area contributed by atoms with Crippen molar-refractivity contribution < 1.29 is 9.21 Å². The zero-order valence-corrected chi connectivity index (χ0v) is 20.1. The smallest absolute Gasteiger partial charge is 0.226 e. The number of nitrogens with one attached hydrogen (secondary N) is 1. The van der Waals surface area contributed by atoms with Crippen LogP contribution in [0.4, 0.5) is 0 Å². The van der Waals surface area contributed by atoms with Crippen LogP contribution in [0.3, 0.4) is 0 Å². The van der Waals surface area contributed by atoms with E-state index >= 15 is 0 Å². The van der Waals surface area contributed by atoms with Crippen molar-refractivity contribution in [3.8, 4) is 11.5 Å². The zero-order chi connectivity index (χ0) is 23.2. The fraction of sp³-hybridized carbons (Fsp3) is 0.429. The van der Waals surface area contributed by atoms with E-state index < -0.39 is 0 Å². The molecule has 0 radical (unpaired) electrons. The van der Waals surface area contributed by atoms with Crippen LogP contribution in [0, 0.1) is 19.8 Å². The van der Waals surface area contributed by atoms with Crippen molar-refractivity contribution in [2.75, 3.05) is 19.6 Å². The molecule has 5 nitrogen and oxygen atoms in total. The van der Waals surface area contributed by atoms with Gasteiger partial charge in [0.25, 0.3) is 0 Å². The summed E-state index contributed by atoms with van der Waals surface area (Å²) in [5.41, 5.74) is 5.79. The molecule has 0 bridgehead atoms. The predicted octanol–water partition coefficient (Wildman–Crippen LogP) is 5.09. The molecule has 3 aromatic rings. The number of piperidine rings is 1. The Morgan fingerprint density at radius 2 is 1.82 bits per heavy atom. The van der Waals surface area contributed by atoms with Crippen molar-refractivity contribution in [3.63, 3.8) is 0 Å². The van der Waals surface area contributed by atoms with E-state index in [0.29, 0.717) is 12.4 Å². The minimum atomic E-state index is 0.0324. The van der Waals surface area contributed by atoms with Gasteiger partial charge < -0.3 is 9.73 Å². The van der Waals surface area contributed by atoms with E-state index in [9.17, 15) is 4.79 Å². The number of likely N-dealkylation sites (tertiary alicyclic amines) is 1. The molecule has 1 atom stereocenters. The average Bonchev–Trinajstić information content (AvgIpc) is 3.20. The molecule has 4 rings (SSSR count). The molecular weight excluding hydrogens is 410 g/mol. The van der Waals surface area contributed by atoms with Crippen LogP contribution in [-0.4, -0.2) is 35.4 Å². The zero-order valence-electron chi connectivity index (χ0n) is 20.1. The van der Waals surface area contributed by atoms with Crippen LogP contribution in [0.2, 0.25) is 0 Å². The second-order valence-electron chi connectivity index (χ2n) is 9.17. The molecule has 0 aliphatic carbocycles. The van der Waals surface area contributed by atoms with Crippen LogP contribution < -0.4 is 5.32 Å². The average molecular weight is 446 g/mol. The summed E-state index contributed by atoms with van der Waals surface area (Å²) in [6.45, 7) is 9.37. The van der Waals surface area contributed by atoms with Gasteiger partial charge in [-0.1, -0.05) is 48.9 Å². The van der Waals surface area contributed by atoms with E-state index in [0.717, 1.165) is 62.3 Å².